The molecule has 0 spiro atoms. The molecule has 0 saturated heterocycles. The number of Topliss-reactive ketones (excluding diaryl/α,β-unsaturated/α-hetero) is 2. The van der Waals surface area contributed by atoms with Gasteiger partial charge in [-0.1, -0.05) is 90.8 Å². The number of unbranched alkanes of at least 4 members (excludes halogenated alkanes) is 2. The number of hydrogen-bond donors (Lipinski definition) is 2. The van der Waals surface area contributed by atoms with E-state index in [-0.39, 0.29) is 33.9 Å². The van der Waals surface area contributed by atoms with Crippen molar-refractivity contribution < 1.29 is 19.8 Å². The minimum absolute atomic E-state index is 0.0561. The summed E-state index contributed by atoms with van der Waals surface area (Å²) in [7, 11) is 0. The van der Waals surface area contributed by atoms with Crippen LogP contribution in [0.5, 0.6) is 0 Å². The first-order valence-corrected chi connectivity index (χ1v) is 21.5. The summed E-state index contributed by atoms with van der Waals surface area (Å²) in [5.74, 6) is -1.16. The van der Waals surface area contributed by atoms with Crippen molar-refractivity contribution in [1.82, 2.24) is 0 Å². The fraction of sp³-hybridized carbons (Fsp3) is 0.333. The van der Waals surface area contributed by atoms with Gasteiger partial charge in [0.15, 0.2) is 11.6 Å². The Bertz CT molecular complexity index is 2230. The number of benzene rings is 2. The summed E-state index contributed by atoms with van der Waals surface area (Å²) in [6.45, 7) is 14.9. The number of fused-ring (bicyclic) bond motifs is 2. The van der Waals surface area contributed by atoms with Gasteiger partial charge < -0.3 is 20.0 Å². The third kappa shape index (κ3) is 6.13. The number of allylic oxidation sites excluding steroid dienone is 6. The van der Waals surface area contributed by atoms with E-state index in [2.05, 4.69) is 99.9 Å². The lowest BCUT2D eigenvalue weighted by Crippen LogP contribution is -2.33. The number of thiophene rings is 2. The number of nitrogens with zero attached hydrogens (tertiary/aromatic N) is 2. The Hall–Kier alpha value is -4.92. The molecule has 0 amide bonds. The van der Waals surface area contributed by atoms with Crippen LogP contribution in [-0.2, 0) is 20.4 Å². The van der Waals surface area contributed by atoms with Crippen LogP contribution in [0.15, 0.2) is 108 Å². The Kier molecular flexibility index (Phi) is 9.86. The van der Waals surface area contributed by atoms with Crippen LogP contribution in [0.25, 0.3) is 23.3 Å². The van der Waals surface area contributed by atoms with Gasteiger partial charge in [0.1, 0.15) is 23.4 Å². The van der Waals surface area contributed by atoms with Gasteiger partial charge in [0.25, 0.3) is 0 Å². The molecule has 2 N–H and O–H groups in total. The highest BCUT2D eigenvalue weighted by Crippen LogP contribution is 2.52. The van der Waals surface area contributed by atoms with Gasteiger partial charge in [-0.2, -0.15) is 0 Å². The molecule has 6 nitrogen and oxygen atoms in total. The number of hydrogen-bond acceptors (Lipinski definition) is 8. The van der Waals surface area contributed by atoms with Crippen LogP contribution in [0.4, 0.5) is 11.4 Å². The van der Waals surface area contributed by atoms with E-state index in [1.54, 1.807) is 0 Å². The van der Waals surface area contributed by atoms with E-state index in [0.717, 1.165) is 69.7 Å². The summed E-state index contributed by atoms with van der Waals surface area (Å²) >= 11 is 2.94. The summed E-state index contributed by atoms with van der Waals surface area (Å²) in [6.07, 6.45) is 12.2. The highest BCUT2D eigenvalue weighted by atomic mass is 32.1. The molecular weight excluding hydrogens is 733 g/mol. The van der Waals surface area contributed by atoms with E-state index in [4.69, 9.17) is 0 Å². The number of carbonyl (C=O) groups is 2. The van der Waals surface area contributed by atoms with Crippen LogP contribution >= 0.6 is 22.7 Å². The maximum absolute atomic E-state index is 13.6. The first-order chi connectivity index (χ1) is 26.9. The molecule has 0 radical (unpaired) electrons. The maximum atomic E-state index is 13.6. The molecule has 4 aliphatic rings. The lowest BCUT2D eigenvalue weighted by Gasteiger charge is -2.31. The normalized spacial score (nSPS) is 22.5. The third-order valence-electron chi connectivity index (χ3n) is 12.0. The fourth-order valence-electron chi connectivity index (χ4n) is 8.80. The van der Waals surface area contributed by atoms with E-state index in [1.165, 1.54) is 45.2 Å². The van der Waals surface area contributed by atoms with Crippen LogP contribution in [0, 0.1) is 11.8 Å². The molecule has 0 bridgehead atoms. The maximum Gasteiger partial charge on any atom is 0.182 e. The van der Waals surface area contributed by atoms with Crippen molar-refractivity contribution in [2.24, 2.45) is 11.8 Å². The largest absolute Gasteiger partial charge is 0.510 e. The summed E-state index contributed by atoms with van der Waals surface area (Å²) in [4.78, 5) is 35.3. The van der Waals surface area contributed by atoms with Crippen LogP contribution in [0.3, 0.4) is 0 Å². The smallest absolute Gasteiger partial charge is 0.182 e. The Labute approximate surface area is 338 Å². The first-order valence-electron chi connectivity index (χ1n) is 19.9. The topological polar surface area (TPSA) is 81.1 Å². The number of ketones is 2. The molecule has 0 fully saturated rings. The molecule has 288 valence electrons. The molecule has 8 heteroatoms. The second-order valence-electron chi connectivity index (χ2n) is 16.3. The Morgan fingerprint density at radius 3 is 1.38 bits per heavy atom. The SMILES string of the molecule is CCCCN1/C(=C\C2C(=O)C(c3ccc(/C=C/c4ccc(C5=C(O)C(/C=C6/N(CCCC)c7ccccc7C6(C)C)C5=O)s4)s3)=C2O)C(C)(C)c2ccccc21. The summed E-state index contributed by atoms with van der Waals surface area (Å²) < 4.78 is 0. The predicted octanol–water partition coefficient (Wildman–Crippen LogP) is 11.9. The van der Waals surface area contributed by atoms with Crippen molar-refractivity contribution >= 4 is 68.9 Å². The molecule has 2 atom stereocenters. The number of rotatable bonds is 12. The average molecular weight is 783 g/mol. The van der Waals surface area contributed by atoms with E-state index >= 15 is 0 Å². The molecule has 2 aliphatic carbocycles. The van der Waals surface area contributed by atoms with E-state index < -0.39 is 11.8 Å². The number of aliphatic hydroxyl groups excluding tert-OH is 2. The van der Waals surface area contributed by atoms with Crippen molar-refractivity contribution in [3.63, 3.8) is 0 Å². The highest BCUT2D eigenvalue weighted by Gasteiger charge is 2.46. The predicted molar refractivity (Wildman–Crippen MR) is 233 cm³/mol. The highest BCUT2D eigenvalue weighted by molar-refractivity contribution is 7.15. The van der Waals surface area contributed by atoms with Crippen molar-refractivity contribution in [2.45, 2.75) is 78.1 Å². The van der Waals surface area contributed by atoms with Gasteiger partial charge in [-0.05, 0) is 84.7 Å². The van der Waals surface area contributed by atoms with Gasteiger partial charge in [-0.15, -0.1) is 22.7 Å². The van der Waals surface area contributed by atoms with Crippen LogP contribution in [0.1, 0.15) is 97.9 Å². The summed E-state index contributed by atoms with van der Waals surface area (Å²) in [5, 5.41) is 22.6. The zero-order valence-electron chi connectivity index (χ0n) is 33.1. The second kappa shape index (κ2) is 14.5. The molecule has 2 aliphatic heterocycles. The van der Waals surface area contributed by atoms with Crippen molar-refractivity contribution in [3.05, 3.63) is 138 Å². The molecule has 0 saturated carbocycles. The molecule has 2 aromatic carbocycles. The number of para-hydroxylation sites is 2. The van der Waals surface area contributed by atoms with Gasteiger partial charge in [0, 0.05) is 66.2 Å². The molecule has 2 unspecified atom stereocenters. The molecule has 8 rings (SSSR count). The first kappa shape index (κ1) is 38.0. The van der Waals surface area contributed by atoms with Gasteiger partial charge in [-0.25, -0.2) is 0 Å². The van der Waals surface area contributed by atoms with Crippen LogP contribution in [0.2, 0.25) is 0 Å². The van der Waals surface area contributed by atoms with Gasteiger partial charge >= 0.3 is 0 Å². The molecule has 2 aromatic heterocycles. The monoisotopic (exact) mass is 782 g/mol. The molecule has 4 heterocycles. The zero-order chi connectivity index (χ0) is 39.5. The Morgan fingerprint density at radius 1 is 0.607 bits per heavy atom. The lowest BCUT2D eigenvalue weighted by molar-refractivity contribution is -0.118. The Morgan fingerprint density at radius 2 is 1.00 bits per heavy atom. The molecule has 4 aromatic rings. The second-order valence-corrected chi connectivity index (χ2v) is 18.6. The number of aliphatic hydroxyl groups is 2. The average Bonchev–Trinajstić information content (AvgIpc) is 3.94. The van der Waals surface area contributed by atoms with Crippen LogP contribution in [-0.4, -0.2) is 34.9 Å². The van der Waals surface area contributed by atoms with Gasteiger partial charge in [0.2, 0.25) is 0 Å². The standard InChI is InChI=1S/C48H50N2O4S2/c1-7-9-25-49-35-17-13-11-15-33(35)47(3,4)39(49)27-31-43(51)41(44(31)52)37-23-21-29(55-37)19-20-30-22-24-38(56-30)42-45(53)32(46(42)54)28-40-48(5,6)34-16-12-14-18-36(34)50(40)26-10-8-2/h11-24,27-28,31-32,51,53H,7-10,25-26H2,1-6H3/b20-19+,39-27-,40-28+. The number of carbonyl (C=O) groups excluding carboxylic acids is 2. The Balaban J connectivity index is 0.977. The minimum Gasteiger partial charge on any atom is -0.510 e. The molecular formula is C48H50N2O4S2. The summed E-state index contributed by atoms with van der Waals surface area (Å²) in [6, 6.07) is 24.6. The third-order valence-corrected chi connectivity index (χ3v) is 14.2. The van der Waals surface area contributed by atoms with Crippen molar-refractivity contribution in [2.75, 3.05) is 22.9 Å². The van der Waals surface area contributed by atoms with Crippen LogP contribution < -0.4 is 9.80 Å². The van der Waals surface area contributed by atoms with Gasteiger partial charge in [-0.3, -0.25) is 9.59 Å². The van der Waals surface area contributed by atoms with E-state index in [1.807, 2.05) is 48.6 Å². The van der Waals surface area contributed by atoms with E-state index in [9.17, 15) is 19.8 Å². The fourth-order valence-corrected chi connectivity index (χ4v) is 10.7. The van der Waals surface area contributed by atoms with Crippen molar-refractivity contribution in [1.29, 1.82) is 0 Å². The minimum atomic E-state index is -0.653. The quantitative estimate of drug-likeness (QED) is 0.149. The number of anilines is 2. The van der Waals surface area contributed by atoms with E-state index in [0.29, 0.717) is 11.1 Å². The van der Waals surface area contributed by atoms with Gasteiger partial charge in [0.05, 0.1) is 11.1 Å². The lowest BCUT2D eigenvalue weighted by atomic mass is 9.77. The van der Waals surface area contributed by atoms with Crippen molar-refractivity contribution in [3.8, 4) is 0 Å². The molecule has 56 heavy (non-hydrogen) atoms. The zero-order valence-corrected chi connectivity index (χ0v) is 34.7. The summed E-state index contributed by atoms with van der Waals surface area (Å²) in [5.41, 5.74) is 7.22.